The number of ether oxygens (including phenoxy) is 1. The van der Waals surface area contributed by atoms with Crippen molar-refractivity contribution in [2.45, 2.75) is 24.0 Å². The van der Waals surface area contributed by atoms with E-state index in [0.29, 0.717) is 9.37 Å². The first-order valence-corrected chi connectivity index (χ1v) is 9.70. The molecule has 0 heterocycles. The van der Waals surface area contributed by atoms with Crippen molar-refractivity contribution < 1.29 is 23.1 Å². The summed E-state index contributed by atoms with van der Waals surface area (Å²) in [5, 5.41) is 1.94. The third-order valence-electron chi connectivity index (χ3n) is 3.65. The second-order valence-electron chi connectivity index (χ2n) is 6.03. The largest absolute Gasteiger partial charge is 0.468 e. The zero-order chi connectivity index (χ0) is 20.1. The number of methoxy groups -OCH3 is 1. The number of rotatable bonds is 6. The second kappa shape index (κ2) is 9.32. The van der Waals surface area contributed by atoms with Crippen LogP contribution < -0.4 is 5.32 Å². The Morgan fingerprint density at radius 1 is 1.19 bits per heavy atom. The minimum absolute atomic E-state index is 0.0234. The van der Waals surface area contributed by atoms with Crippen LogP contribution in [0.15, 0.2) is 45.8 Å². The van der Waals surface area contributed by atoms with E-state index in [1.807, 2.05) is 13.8 Å². The van der Waals surface area contributed by atoms with E-state index in [1.54, 1.807) is 0 Å². The molecule has 0 aliphatic rings. The zero-order valence-corrected chi connectivity index (χ0v) is 17.3. The van der Waals surface area contributed by atoms with Gasteiger partial charge in [-0.1, -0.05) is 19.9 Å². The summed E-state index contributed by atoms with van der Waals surface area (Å²) in [5.74, 6) is -2.27. The average molecular weight is 458 g/mol. The molecule has 0 saturated carbocycles. The summed E-state index contributed by atoms with van der Waals surface area (Å²) < 4.78 is 32.8. The summed E-state index contributed by atoms with van der Waals surface area (Å²) in [7, 11) is 1.31. The fourth-order valence-electron chi connectivity index (χ4n) is 2.25. The molecule has 1 amide bonds. The molecule has 0 fully saturated rings. The number of nitrogens with one attached hydrogen (secondary N) is 1. The molecule has 0 aromatic heterocycles. The summed E-state index contributed by atoms with van der Waals surface area (Å²) in [6, 6.07) is 7.74. The van der Waals surface area contributed by atoms with E-state index >= 15 is 0 Å². The van der Waals surface area contributed by atoms with Crippen molar-refractivity contribution in [1.82, 2.24) is 0 Å². The normalized spacial score (nSPS) is 12.0. The molecule has 2 aromatic rings. The molecule has 0 radical (unpaired) electrons. The fraction of sp³-hybridized carbons (Fsp3) is 0.263. The lowest BCUT2D eigenvalue weighted by Crippen LogP contribution is -2.24. The van der Waals surface area contributed by atoms with Crippen LogP contribution in [0.3, 0.4) is 0 Å². The summed E-state index contributed by atoms with van der Waals surface area (Å²) >= 11 is 4.48. The highest BCUT2D eigenvalue weighted by atomic mass is 79.9. The minimum atomic E-state index is -0.657. The number of carbonyl (C=O) groups is 2. The molecule has 8 heteroatoms. The summed E-state index contributed by atoms with van der Waals surface area (Å²) in [6.07, 6.45) is 0. The molecule has 0 spiro atoms. The maximum absolute atomic E-state index is 14.3. The molecule has 1 N–H and O–H groups in total. The molecule has 0 aliphatic heterocycles. The standard InChI is InChI=1S/C19H18BrF2NO3S/c1-10(2)17(19(25)26-3)27-16-9-15(14(22)8-13(16)20)23-18(24)11-5-4-6-12(21)7-11/h4-10,17H,1-3H3,(H,23,24). The molecule has 2 rings (SSSR count). The average Bonchev–Trinajstić information content (AvgIpc) is 2.61. The number of hydrogen-bond acceptors (Lipinski definition) is 4. The van der Waals surface area contributed by atoms with Gasteiger partial charge in [-0.15, -0.1) is 11.8 Å². The van der Waals surface area contributed by atoms with Gasteiger partial charge in [0.05, 0.1) is 12.8 Å². The minimum Gasteiger partial charge on any atom is -0.468 e. The first-order valence-electron chi connectivity index (χ1n) is 8.03. The van der Waals surface area contributed by atoms with E-state index in [0.717, 1.165) is 6.07 Å². The van der Waals surface area contributed by atoms with E-state index in [2.05, 4.69) is 21.2 Å². The van der Waals surface area contributed by atoms with Gasteiger partial charge < -0.3 is 10.1 Å². The van der Waals surface area contributed by atoms with Crippen LogP contribution >= 0.6 is 27.7 Å². The smallest absolute Gasteiger partial charge is 0.319 e. The number of thioether (sulfide) groups is 1. The van der Waals surface area contributed by atoms with Crippen LogP contribution in [0.2, 0.25) is 0 Å². The maximum atomic E-state index is 14.3. The SMILES string of the molecule is COC(=O)C(Sc1cc(NC(=O)c2cccc(F)c2)c(F)cc1Br)C(C)C. The van der Waals surface area contributed by atoms with Crippen LogP contribution in [0.25, 0.3) is 0 Å². The highest BCUT2D eigenvalue weighted by Gasteiger charge is 2.26. The Labute approximate surface area is 168 Å². The van der Waals surface area contributed by atoms with Crippen molar-refractivity contribution in [1.29, 1.82) is 0 Å². The maximum Gasteiger partial charge on any atom is 0.319 e. The number of carbonyl (C=O) groups excluding carboxylic acids is 2. The molecule has 1 unspecified atom stereocenters. The Hall–Kier alpha value is -1.93. The lowest BCUT2D eigenvalue weighted by molar-refractivity contribution is -0.140. The van der Waals surface area contributed by atoms with E-state index in [9.17, 15) is 18.4 Å². The lowest BCUT2D eigenvalue weighted by atomic mass is 10.1. The van der Waals surface area contributed by atoms with Gasteiger partial charge in [0, 0.05) is 14.9 Å². The molecule has 1 atom stereocenters. The Morgan fingerprint density at radius 3 is 2.48 bits per heavy atom. The van der Waals surface area contributed by atoms with Crippen molar-refractivity contribution in [3.05, 3.63) is 58.1 Å². The Bertz CT molecular complexity index is 861. The Kier molecular flexibility index (Phi) is 7.38. The second-order valence-corrected chi connectivity index (χ2v) is 8.07. The molecule has 0 saturated heterocycles. The van der Waals surface area contributed by atoms with Gasteiger partial charge >= 0.3 is 5.97 Å². The molecule has 0 aliphatic carbocycles. The predicted octanol–water partition coefficient (Wildman–Crippen LogP) is 5.27. The molecule has 4 nitrogen and oxygen atoms in total. The number of esters is 1. The van der Waals surface area contributed by atoms with Crippen molar-refractivity contribution in [3.63, 3.8) is 0 Å². The fourth-order valence-corrected chi connectivity index (χ4v) is 3.94. The molecular formula is C19H18BrF2NO3S. The summed E-state index contributed by atoms with van der Waals surface area (Å²) in [4.78, 5) is 24.8. The first-order chi connectivity index (χ1) is 12.7. The van der Waals surface area contributed by atoms with E-state index in [1.165, 1.54) is 49.2 Å². The number of amides is 1. The van der Waals surface area contributed by atoms with Gasteiger partial charge in [0.1, 0.15) is 16.9 Å². The third kappa shape index (κ3) is 5.52. The number of benzene rings is 2. The number of anilines is 1. The Balaban J connectivity index is 2.29. The van der Waals surface area contributed by atoms with Crippen LogP contribution in [-0.2, 0) is 9.53 Å². The highest BCUT2D eigenvalue weighted by Crippen LogP contribution is 2.37. The molecule has 27 heavy (non-hydrogen) atoms. The topological polar surface area (TPSA) is 55.4 Å². The van der Waals surface area contributed by atoms with E-state index in [-0.39, 0.29) is 17.2 Å². The van der Waals surface area contributed by atoms with Gasteiger partial charge in [-0.25, -0.2) is 8.78 Å². The summed E-state index contributed by atoms with van der Waals surface area (Å²) in [6.45, 7) is 3.75. The van der Waals surface area contributed by atoms with E-state index in [4.69, 9.17) is 4.74 Å². The quantitative estimate of drug-likeness (QED) is 0.474. The zero-order valence-electron chi connectivity index (χ0n) is 14.9. The highest BCUT2D eigenvalue weighted by molar-refractivity contribution is 9.10. The van der Waals surface area contributed by atoms with Crippen molar-refractivity contribution in [2.24, 2.45) is 5.92 Å². The van der Waals surface area contributed by atoms with Crippen LogP contribution in [-0.4, -0.2) is 24.2 Å². The lowest BCUT2D eigenvalue weighted by Gasteiger charge is -2.19. The Morgan fingerprint density at radius 2 is 1.89 bits per heavy atom. The van der Waals surface area contributed by atoms with Crippen molar-refractivity contribution in [3.8, 4) is 0 Å². The van der Waals surface area contributed by atoms with E-state index < -0.39 is 28.8 Å². The number of hydrogen-bond donors (Lipinski definition) is 1. The first kappa shape index (κ1) is 21.4. The van der Waals surface area contributed by atoms with Crippen LogP contribution in [0.5, 0.6) is 0 Å². The number of halogens is 3. The van der Waals surface area contributed by atoms with Crippen LogP contribution in [0.1, 0.15) is 24.2 Å². The summed E-state index contributed by atoms with van der Waals surface area (Å²) in [5.41, 5.74) is 0.00322. The molecule has 2 aromatic carbocycles. The van der Waals surface area contributed by atoms with Crippen LogP contribution in [0, 0.1) is 17.6 Å². The van der Waals surface area contributed by atoms with Crippen molar-refractivity contribution in [2.75, 3.05) is 12.4 Å². The monoisotopic (exact) mass is 457 g/mol. The van der Waals surface area contributed by atoms with Gasteiger partial charge in [-0.3, -0.25) is 9.59 Å². The molecule has 144 valence electrons. The van der Waals surface area contributed by atoms with Gasteiger partial charge in [0.2, 0.25) is 0 Å². The van der Waals surface area contributed by atoms with Gasteiger partial charge in [0.25, 0.3) is 5.91 Å². The third-order valence-corrected chi connectivity index (χ3v) is 6.15. The van der Waals surface area contributed by atoms with Crippen molar-refractivity contribution >= 4 is 45.3 Å². The predicted molar refractivity (Wildman–Crippen MR) is 105 cm³/mol. The van der Waals surface area contributed by atoms with Gasteiger partial charge in [-0.05, 0) is 52.2 Å². The van der Waals surface area contributed by atoms with Gasteiger partial charge in [-0.2, -0.15) is 0 Å². The molecule has 0 bridgehead atoms. The van der Waals surface area contributed by atoms with Gasteiger partial charge in [0.15, 0.2) is 0 Å². The molecular weight excluding hydrogens is 440 g/mol. The van der Waals surface area contributed by atoms with Crippen LogP contribution in [0.4, 0.5) is 14.5 Å².